The van der Waals surface area contributed by atoms with E-state index in [2.05, 4.69) is 26.0 Å². The maximum Gasteiger partial charge on any atom is 0.318 e. The average Bonchev–Trinajstić information content (AvgIpc) is 2.55. The molecule has 3 heteroatoms. The minimum absolute atomic E-state index is 0.286. The molecule has 0 aliphatic rings. The molecular weight excluding hydrogens is 288 g/mol. The van der Waals surface area contributed by atoms with Gasteiger partial charge in [0.1, 0.15) is 0 Å². The highest BCUT2D eigenvalue weighted by Crippen LogP contribution is 2.28. The van der Waals surface area contributed by atoms with Crippen molar-refractivity contribution in [1.82, 2.24) is 0 Å². The van der Waals surface area contributed by atoms with Gasteiger partial charge in [-0.3, -0.25) is 4.79 Å². The number of ether oxygens (including phenoxy) is 2. The number of hydrogen-bond donors (Lipinski definition) is 0. The molecule has 122 valence electrons. The van der Waals surface area contributed by atoms with Gasteiger partial charge < -0.3 is 9.47 Å². The molecule has 2 aromatic carbocycles. The van der Waals surface area contributed by atoms with Gasteiger partial charge in [-0.1, -0.05) is 50.2 Å². The summed E-state index contributed by atoms with van der Waals surface area (Å²) in [6.45, 7) is 6.25. The Kier molecular flexibility index (Phi) is 5.80. The topological polar surface area (TPSA) is 35.5 Å². The maximum absolute atomic E-state index is 12.4. The predicted molar refractivity (Wildman–Crippen MR) is 92.0 cm³/mol. The summed E-state index contributed by atoms with van der Waals surface area (Å²) in [5, 5.41) is 0. The highest BCUT2D eigenvalue weighted by Gasteiger charge is 2.19. The molecule has 3 nitrogen and oxygen atoms in total. The molecule has 0 fully saturated rings. The lowest BCUT2D eigenvalue weighted by Crippen LogP contribution is -2.16. The average molecular weight is 312 g/mol. The van der Waals surface area contributed by atoms with Crippen molar-refractivity contribution in [1.29, 1.82) is 0 Å². The Morgan fingerprint density at radius 3 is 2.13 bits per heavy atom. The first-order valence-corrected chi connectivity index (χ1v) is 7.94. The molecule has 0 unspecified atom stereocenters. The smallest absolute Gasteiger partial charge is 0.318 e. The van der Waals surface area contributed by atoms with Gasteiger partial charge in [-0.25, -0.2) is 0 Å². The molecule has 2 rings (SSSR count). The molecular formula is C20H24O3. The van der Waals surface area contributed by atoms with Crippen molar-refractivity contribution in [2.45, 2.75) is 33.1 Å². The van der Waals surface area contributed by atoms with Crippen LogP contribution in [0.25, 0.3) is 0 Å². The van der Waals surface area contributed by atoms with Gasteiger partial charge in [-0.2, -0.15) is 0 Å². The number of hydrogen-bond acceptors (Lipinski definition) is 3. The largest absolute Gasteiger partial charge is 0.493 e. The number of carbonyl (C=O) groups is 1. The van der Waals surface area contributed by atoms with Crippen LogP contribution >= 0.6 is 0 Å². The van der Waals surface area contributed by atoms with Gasteiger partial charge in [0.15, 0.2) is 11.5 Å². The zero-order valence-electron chi connectivity index (χ0n) is 14.2. The second-order valence-corrected chi connectivity index (χ2v) is 6.13. The van der Waals surface area contributed by atoms with Crippen LogP contribution in [0.15, 0.2) is 48.5 Å². The summed E-state index contributed by atoms with van der Waals surface area (Å²) in [5.41, 5.74) is 2.24. The molecule has 0 radical (unpaired) electrons. The van der Waals surface area contributed by atoms with E-state index in [9.17, 15) is 4.79 Å². The lowest BCUT2D eigenvalue weighted by molar-refractivity contribution is -0.135. The van der Waals surface area contributed by atoms with E-state index in [1.807, 2.05) is 31.2 Å². The summed E-state index contributed by atoms with van der Waals surface area (Å²) in [5.74, 6) is 1.01. The lowest BCUT2D eigenvalue weighted by atomic mass is 9.97. The third kappa shape index (κ3) is 4.59. The van der Waals surface area contributed by atoms with Crippen molar-refractivity contribution in [3.63, 3.8) is 0 Å². The third-order valence-electron chi connectivity index (χ3n) is 3.76. The third-order valence-corrected chi connectivity index (χ3v) is 3.76. The van der Waals surface area contributed by atoms with Crippen LogP contribution in [-0.2, 0) is 11.2 Å². The molecule has 0 heterocycles. The first-order chi connectivity index (χ1) is 11.0. The Morgan fingerprint density at radius 1 is 0.957 bits per heavy atom. The second kappa shape index (κ2) is 7.82. The Labute approximate surface area is 138 Å². The van der Waals surface area contributed by atoms with Gasteiger partial charge in [0.25, 0.3) is 0 Å². The van der Waals surface area contributed by atoms with Crippen molar-refractivity contribution in [3.8, 4) is 11.5 Å². The molecule has 2 aromatic rings. The fraction of sp³-hybridized carbons (Fsp3) is 0.350. The number of carbonyl (C=O) groups excluding carboxylic acids is 1. The van der Waals surface area contributed by atoms with E-state index in [1.165, 1.54) is 5.56 Å². The predicted octanol–water partition coefficient (Wildman–Crippen LogP) is 4.60. The van der Waals surface area contributed by atoms with E-state index in [1.54, 1.807) is 19.2 Å². The molecule has 1 atom stereocenters. The SMILES string of the molecule is COc1ccccc1OC(=O)[C@H](C)c1ccc(CC(C)C)cc1. The van der Waals surface area contributed by atoms with Crippen LogP contribution < -0.4 is 9.47 Å². The van der Waals surface area contributed by atoms with Gasteiger partial charge in [-0.05, 0) is 42.5 Å². The fourth-order valence-electron chi connectivity index (χ4n) is 2.45. The zero-order valence-corrected chi connectivity index (χ0v) is 14.2. The molecule has 23 heavy (non-hydrogen) atoms. The van der Waals surface area contributed by atoms with Crippen LogP contribution in [-0.4, -0.2) is 13.1 Å². The Morgan fingerprint density at radius 2 is 1.57 bits per heavy atom. The van der Waals surface area contributed by atoms with Gasteiger partial charge in [0.2, 0.25) is 0 Å². The molecule has 0 N–H and O–H groups in total. The highest BCUT2D eigenvalue weighted by atomic mass is 16.6. The van der Waals surface area contributed by atoms with Crippen molar-refractivity contribution >= 4 is 5.97 Å². The Balaban J connectivity index is 2.07. The molecule has 0 bridgehead atoms. The summed E-state index contributed by atoms with van der Waals surface area (Å²) in [6.07, 6.45) is 1.04. The molecule has 0 saturated heterocycles. The van der Waals surface area contributed by atoms with Gasteiger partial charge in [-0.15, -0.1) is 0 Å². The monoisotopic (exact) mass is 312 g/mol. The number of para-hydroxylation sites is 2. The molecule has 0 saturated carbocycles. The van der Waals surface area contributed by atoms with Crippen LogP contribution in [0, 0.1) is 5.92 Å². The number of rotatable bonds is 6. The number of benzene rings is 2. The first kappa shape index (κ1) is 17.1. The van der Waals surface area contributed by atoms with E-state index in [4.69, 9.17) is 9.47 Å². The van der Waals surface area contributed by atoms with Crippen molar-refractivity contribution in [2.24, 2.45) is 5.92 Å². The van der Waals surface area contributed by atoms with Crippen molar-refractivity contribution in [3.05, 3.63) is 59.7 Å². The quantitative estimate of drug-likeness (QED) is 0.577. The van der Waals surface area contributed by atoms with Crippen LogP contribution in [0.4, 0.5) is 0 Å². The lowest BCUT2D eigenvalue weighted by Gasteiger charge is -2.14. The van der Waals surface area contributed by atoms with E-state index in [0.29, 0.717) is 17.4 Å². The van der Waals surface area contributed by atoms with E-state index in [0.717, 1.165) is 12.0 Å². The van der Waals surface area contributed by atoms with Crippen LogP contribution in [0.2, 0.25) is 0 Å². The standard InChI is InChI=1S/C20H24O3/c1-14(2)13-16-9-11-17(12-10-16)15(3)20(21)23-19-8-6-5-7-18(19)22-4/h5-12,14-15H,13H2,1-4H3/t15-/m1/s1. The zero-order chi connectivity index (χ0) is 16.8. The van der Waals surface area contributed by atoms with E-state index in [-0.39, 0.29) is 11.9 Å². The summed E-state index contributed by atoms with van der Waals surface area (Å²) >= 11 is 0. The Bertz CT molecular complexity index is 644. The summed E-state index contributed by atoms with van der Waals surface area (Å²) in [7, 11) is 1.56. The normalized spacial score (nSPS) is 12.0. The summed E-state index contributed by atoms with van der Waals surface area (Å²) in [4.78, 5) is 12.4. The van der Waals surface area contributed by atoms with Crippen LogP contribution in [0.3, 0.4) is 0 Å². The molecule has 0 aromatic heterocycles. The van der Waals surface area contributed by atoms with Gasteiger partial charge in [0.05, 0.1) is 13.0 Å². The fourth-order valence-corrected chi connectivity index (χ4v) is 2.45. The van der Waals surface area contributed by atoms with E-state index >= 15 is 0 Å². The van der Waals surface area contributed by atoms with Crippen molar-refractivity contribution < 1.29 is 14.3 Å². The molecule has 0 amide bonds. The van der Waals surface area contributed by atoms with Crippen molar-refractivity contribution in [2.75, 3.05) is 7.11 Å². The van der Waals surface area contributed by atoms with Gasteiger partial charge >= 0.3 is 5.97 Å². The minimum atomic E-state index is -0.326. The maximum atomic E-state index is 12.4. The second-order valence-electron chi connectivity index (χ2n) is 6.13. The molecule has 0 spiro atoms. The molecule has 0 aliphatic heterocycles. The number of esters is 1. The van der Waals surface area contributed by atoms with Crippen LogP contribution in [0.5, 0.6) is 11.5 Å². The first-order valence-electron chi connectivity index (χ1n) is 7.94. The van der Waals surface area contributed by atoms with E-state index < -0.39 is 0 Å². The van der Waals surface area contributed by atoms with Crippen LogP contribution in [0.1, 0.15) is 37.8 Å². The minimum Gasteiger partial charge on any atom is -0.493 e. The summed E-state index contributed by atoms with van der Waals surface area (Å²) < 4.78 is 10.7. The molecule has 0 aliphatic carbocycles. The Hall–Kier alpha value is -2.29. The summed E-state index contributed by atoms with van der Waals surface area (Å²) in [6, 6.07) is 15.3. The number of methoxy groups -OCH3 is 1. The van der Waals surface area contributed by atoms with Gasteiger partial charge in [0, 0.05) is 0 Å². The highest BCUT2D eigenvalue weighted by molar-refractivity contribution is 5.80.